The predicted molar refractivity (Wildman–Crippen MR) is 96.9 cm³/mol. The zero-order valence-electron chi connectivity index (χ0n) is 13.6. The second-order valence-electron chi connectivity index (χ2n) is 5.39. The lowest BCUT2D eigenvalue weighted by atomic mass is 10.0. The van der Waals surface area contributed by atoms with E-state index in [0.29, 0.717) is 29.3 Å². The number of nitrogens with zero attached hydrogens (tertiary/aromatic N) is 3. The third-order valence-electron chi connectivity index (χ3n) is 3.82. The number of halogens is 1. The van der Waals surface area contributed by atoms with E-state index < -0.39 is 0 Å². The van der Waals surface area contributed by atoms with Crippen LogP contribution in [0.1, 0.15) is 11.1 Å². The molecule has 0 radical (unpaired) electrons. The number of aryl methyl sites for hydroxylation is 1. The van der Waals surface area contributed by atoms with E-state index in [1.165, 1.54) is 0 Å². The van der Waals surface area contributed by atoms with Crippen molar-refractivity contribution in [2.45, 2.75) is 6.42 Å². The van der Waals surface area contributed by atoms with E-state index in [9.17, 15) is 4.79 Å². The summed E-state index contributed by atoms with van der Waals surface area (Å²) in [5.41, 5.74) is 2.79. The molecule has 1 aromatic carbocycles. The molecule has 0 saturated heterocycles. The minimum atomic E-state index is -0.0935. The summed E-state index contributed by atoms with van der Waals surface area (Å²) in [5.74, 6) is 1.28. The van der Waals surface area contributed by atoms with Crippen LogP contribution in [0.3, 0.4) is 0 Å². The first-order chi connectivity index (χ1) is 11.5. The number of nitrogens with one attached hydrogen (secondary N) is 1. The second kappa shape index (κ2) is 6.60. The maximum absolute atomic E-state index is 12.8. The van der Waals surface area contributed by atoms with Crippen molar-refractivity contribution in [3.05, 3.63) is 56.4 Å². The Morgan fingerprint density at radius 3 is 2.50 bits per heavy atom. The zero-order valence-corrected chi connectivity index (χ0v) is 15.2. The normalized spacial score (nSPS) is 10.8. The maximum atomic E-state index is 12.8. The Kier molecular flexibility index (Phi) is 4.53. The SMILES string of the molecule is CNc1nc2c(Br)cn(C)c(=O)c(Cc3ccc(OC)cc3)c-2n1. The van der Waals surface area contributed by atoms with E-state index in [0.717, 1.165) is 15.8 Å². The molecule has 0 saturated carbocycles. The number of fused-ring (bicyclic) bond motifs is 1. The molecule has 0 unspecified atom stereocenters. The molecule has 0 atom stereocenters. The molecular formula is C17H17BrN4O2. The third-order valence-corrected chi connectivity index (χ3v) is 4.40. The van der Waals surface area contributed by atoms with Gasteiger partial charge in [0.15, 0.2) is 0 Å². The molecule has 0 fully saturated rings. The molecule has 0 spiro atoms. The Hall–Kier alpha value is -2.41. The van der Waals surface area contributed by atoms with Crippen LogP contribution in [-0.4, -0.2) is 28.7 Å². The molecule has 1 aromatic rings. The molecule has 0 amide bonds. The predicted octanol–water partition coefficient (Wildman–Crippen LogP) is 2.68. The molecule has 6 nitrogen and oxygen atoms in total. The molecule has 1 N–H and O–H groups in total. The van der Waals surface area contributed by atoms with Crippen LogP contribution in [0.5, 0.6) is 5.75 Å². The Balaban J connectivity index is 2.16. The van der Waals surface area contributed by atoms with Gasteiger partial charge in [0.05, 0.1) is 11.6 Å². The number of hydrogen-bond acceptors (Lipinski definition) is 5. The number of hydrogen-bond donors (Lipinski definition) is 1. The zero-order chi connectivity index (χ0) is 17.3. The smallest absolute Gasteiger partial charge is 0.256 e. The number of rotatable bonds is 4. The quantitative estimate of drug-likeness (QED) is 0.743. The van der Waals surface area contributed by atoms with Crippen LogP contribution in [0.4, 0.5) is 5.95 Å². The highest BCUT2D eigenvalue weighted by molar-refractivity contribution is 9.10. The number of aromatic nitrogens is 3. The van der Waals surface area contributed by atoms with E-state index in [4.69, 9.17) is 4.74 Å². The second-order valence-corrected chi connectivity index (χ2v) is 6.25. The summed E-state index contributed by atoms with van der Waals surface area (Å²) in [5, 5.41) is 2.93. The van der Waals surface area contributed by atoms with Gasteiger partial charge in [0.1, 0.15) is 17.1 Å². The molecule has 0 aromatic heterocycles. The monoisotopic (exact) mass is 388 g/mol. The first-order valence-corrected chi connectivity index (χ1v) is 8.19. The van der Waals surface area contributed by atoms with Crippen LogP contribution in [-0.2, 0) is 13.5 Å². The van der Waals surface area contributed by atoms with Crippen LogP contribution >= 0.6 is 15.9 Å². The van der Waals surface area contributed by atoms with Gasteiger partial charge in [-0.2, -0.15) is 0 Å². The van der Waals surface area contributed by atoms with E-state index in [1.54, 1.807) is 32.0 Å². The van der Waals surface area contributed by atoms with Gasteiger partial charge in [-0.05, 0) is 33.6 Å². The highest BCUT2D eigenvalue weighted by Crippen LogP contribution is 2.30. The van der Waals surface area contributed by atoms with Crippen LogP contribution in [0, 0.1) is 0 Å². The Bertz CT molecular complexity index is 906. The molecule has 24 heavy (non-hydrogen) atoms. The Morgan fingerprint density at radius 2 is 1.88 bits per heavy atom. The average Bonchev–Trinajstić information content (AvgIpc) is 3.00. The molecule has 2 aliphatic heterocycles. The summed E-state index contributed by atoms with van der Waals surface area (Å²) in [6.07, 6.45) is 2.19. The first-order valence-electron chi connectivity index (χ1n) is 7.40. The number of benzene rings is 1. The molecule has 7 heteroatoms. The van der Waals surface area contributed by atoms with Crippen LogP contribution in [0.25, 0.3) is 11.4 Å². The van der Waals surface area contributed by atoms with Crippen LogP contribution < -0.4 is 15.6 Å². The fourth-order valence-corrected chi connectivity index (χ4v) is 3.13. The van der Waals surface area contributed by atoms with Gasteiger partial charge < -0.3 is 14.6 Å². The summed E-state index contributed by atoms with van der Waals surface area (Å²) in [6.45, 7) is 0. The van der Waals surface area contributed by atoms with Gasteiger partial charge in [-0.1, -0.05) is 12.1 Å². The summed E-state index contributed by atoms with van der Waals surface area (Å²) in [7, 11) is 5.10. The lowest BCUT2D eigenvalue weighted by molar-refractivity contribution is 0.414. The Morgan fingerprint density at radius 1 is 1.21 bits per heavy atom. The number of anilines is 1. The summed E-state index contributed by atoms with van der Waals surface area (Å²) < 4.78 is 7.45. The van der Waals surface area contributed by atoms with Gasteiger partial charge >= 0.3 is 0 Å². The number of imidazole rings is 1. The van der Waals surface area contributed by atoms with Crippen LogP contribution in [0.15, 0.2) is 39.7 Å². The lowest BCUT2D eigenvalue weighted by Gasteiger charge is -2.04. The molecule has 2 aliphatic rings. The summed E-state index contributed by atoms with van der Waals surface area (Å²) >= 11 is 3.49. The number of methoxy groups -OCH3 is 1. The van der Waals surface area contributed by atoms with Gasteiger partial charge in [0, 0.05) is 32.3 Å². The maximum Gasteiger partial charge on any atom is 0.256 e. The fraction of sp³-hybridized carbons (Fsp3) is 0.235. The fourth-order valence-electron chi connectivity index (χ4n) is 2.54. The highest BCUT2D eigenvalue weighted by Gasteiger charge is 2.20. The van der Waals surface area contributed by atoms with Gasteiger partial charge in [-0.25, -0.2) is 9.97 Å². The molecule has 124 valence electrons. The van der Waals surface area contributed by atoms with Crippen molar-refractivity contribution < 1.29 is 4.74 Å². The van der Waals surface area contributed by atoms with Gasteiger partial charge in [0.25, 0.3) is 5.56 Å². The molecule has 0 aliphatic carbocycles. The Labute approximate surface area is 148 Å². The minimum absolute atomic E-state index is 0.0935. The van der Waals surface area contributed by atoms with Crippen molar-refractivity contribution in [1.29, 1.82) is 0 Å². The third kappa shape index (κ3) is 2.99. The van der Waals surface area contributed by atoms with Crippen molar-refractivity contribution in [2.75, 3.05) is 19.5 Å². The summed E-state index contributed by atoms with van der Waals surface area (Å²) in [6, 6.07) is 7.65. The van der Waals surface area contributed by atoms with Crippen molar-refractivity contribution in [3.63, 3.8) is 0 Å². The molecule has 3 rings (SSSR count). The largest absolute Gasteiger partial charge is 0.497 e. The average molecular weight is 389 g/mol. The van der Waals surface area contributed by atoms with Gasteiger partial charge in [-0.3, -0.25) is 4.79 Å². The molecular weight excluding hydrogens is 372 g/mol. The molecule has 2 heterocycles. The van der Waals surface area contributed by atoms with E-state index in [1.807, 2.05) is 24.3 Å². The standard InChI is InChI=1S/C17H17BrN4O2/c1-19-17-20-14-12(8-10-4-6-11(24-3)7-5-10)16(23)22(2)9-13(18)15(14)21-17/h4-7,9H,8H2,1-3H3,(H,19,20). The summed E-state index contributed by atoms with van der Waals surface area (Å²) in [4.78, 5) is 21.7. The lowest BCUT2D eigenvalue weighted by Crippen LogP contribution is -2.18. The minimum Gasteiger partial charge on any atom is -0.497 e. The van der Waals surface area contributed by atoms with E-state index in [-0.39, 0.29) is 5.56 Å². The van der Waals surface area contributed by atoms with Crippen molar-refractivity contribution >= 4 is 21.9 Å². The van der Waals surface area contributed by atoms with Crippen molar-refractivity contribution in [1.82, 2.24) is 14.5 Å². The van der Waals surface area contributed by atoms with E-state index >= 15 is 0 Å². The molecule has 0 bridgehead atoms. The van der Waals surface area contributed by atoms with Gasteiger partial charge in [0.2, 0.25) is 5.95 Å². The van der Waals surface area contributed by atoms with E-state index in [2.05, 4.69) is 31.2 Å². The van der Waals surface area contributed by atoms with Crippen LogP contribution in [0.2, 0.25) is 0 Å². The van der Waals surface area contributed by atoms with Crippen molar-refractivity contribution in [2.24, 2.45) is 7.05 Å². The van der Waals surface area contributed by atoms with Gasteiger partial charge in [-0.15, -0.1) is 0 Å². The van der Waals surface area contributed by atoms with Crippen molar-refractivity contribution in [3.8, 4) is 17.1 Å². The number of ether oxygens (including phenoxy) is 1. The first kappa shape index (κ1) is 16.4. The highest BCUT2D eigenvalue weighted by atomic mass is 79.9. The topological polar surface area (TPSA) is 69.0 Å².